The van der Waals surface area contributed by atoms with Gasteiger partial charge in [0.1, 0.15) is 5.75 Å². The van der Waals surface area contributed by atoms with Crippen molar-refractivity contribution < 1.29 is 4.74 Å². The van der Waals surface area contributed by atoms with E-state index in [1.165, 1.54) is 36.8 Å². The van der Waals surface area contributed by atoms with Crippen molar-refractivity contribution >= 4 is 11.8 Å². The van der Waals surface area contributed by atoms with Gasteiger partial charge in [-0.15, -0.1) is 0 Å². The molecule has 0 spiro atoms. The van der Waals surface area contributed by atoms with E-state index in [1.807, 2.05) is 0 Å². The SMILES string of the molecule is CCC(NCC1(SC)CCCC1)c1ccc2c(c1)CCO2. The van der Waals surface area contributed by atoms with E-state index in [2.05, 4.69) is 48.5 Å². The smallest absolute Gasteiger partial charge is 0.122 e. The minimum absolute atomic E-state index is 0.473. The van der Waals surface area contributed by atoms with Gasteiger partial charge in [0, 0.05) is 23.8 Å². The maximum Gasteiger partial charge on any atom is 0.122 e. The summed E-state index contributed by atoms with van der Waals surface area (Å²) in [6.45, 7) is 4.26. The first-order valence-electron chi connectivity index (χ1n) is 8.30. The highest BCUT2D eigenvalue weighted by Gasteiger charge is 2.33. The fourth-order valence-electron chi connectivity index (χ4n) is 3.70. The molecule has 0 saturated heterocycles. The third kappa shape index (κ3) is 3.24. The maximum absolute atomic E-state index is 5.62. The molecule has 1 aliphatic carbocycles. The lowest BCUT2D eigenvalue weighted by Crippen LogP contribution is -2.37. The molecule has 21 heavy (non-hydrogen) atoms. The summed E-state index contributed by atoms with van der Waals surface area (Å²) in [5.74, 6) is 1.09. The van der Waals surface area contributed by atoms with Crippen LogP contribution in [0.25, 0.3) is 0 Å². The van der Waals surface area contributed by atoms with Crippen LogP contribution in [0.15, 0.2) is 18.2 Å². The summed E-state index contributed by atoms with van der Waals surface area (Å²) in [4.78, 5) is 0. The van der Waals surface area contributed by atoms with E-state index in [9.17, 15) is 0 Å². The molecule has 1 unspecified atom stereocenters. The van der Waals surface area contributed by atoms with Gasteiger partial charge in [0.25, 0.3) is 0 Å². The average molecular weight is 305 g/mol. The zero-order valence-corrected chi connectivity index (χ0v) is 14.1. The number of fused-ring (bicyclic) bond motifs is 1. The van der Waals surface area contributed by atoms with E-state index in [4.69, 9.17) is 4.74 Å². The molecule has 1 aliphatic heterocycles. The van der Waals surface area contributed by atoms with Gasteiger partial charge in [-0.3, -0.25) is 0 Å². The fraction of sp³-hybridized carbons (Fsp3) is 0.667. The monoisotopic (exact) mass is 305 g/mol. The predicted molar refractivity (Wildman–Crippen MR) is 91.4 cm³/mol. The molecule has 0 bridgehead atoms. The molecule has 3 rings (SSSR count). The average Bonchev–Trinajstić information content (AvgIpc) is 3.17. The van der Waals surface area contributed by atoms with Crippen LogP contribution in [0.1, 0.15) is 56.2 Å². The fourth-order valence-corrected chi connectivity index (χ4v) is 4.63. The van der Waals surface area contributed by atoms with Crippen molar-refractivity contribution in [1.29, 1.82) is 0 Å². The highest BCUT2D eigenvalue weighted by atomic mass is 32.2. The normalized spacial score (nSPS) is 21.0. The van der Waals surface area contributed by atoms with Gasteiger partial charge < -0.3 is 10.1 Å². The molecule has 2 nitrogen and oxygen atoms in total. The van der Waals surface area contributed by atoms with Crippen LogP contribution in [0.5, 0.6) is 5.75 Å². The molecule has 3 heteroatoms. The highest BCUT2D eigenvalue weighted by molar-refractivity contribution is 8.00. The first-order valence-corrected chi connectivity index (χ1v) is 9.53. The standard InChI is InChI=1S/C18H27NOS/c1-3-16(19-13-18(21-2)9-4-5-10-18)14-6-7-17-15(12-14)8-11-20-17/h6-7,12,16,19H,3-5,8-11,13H2,1-2H3. The lowest BCUT2D eigenvalue weighted by atomic mass is 9.99. The lowest BCUT2D eigenvalue weighted by Gasteiger charge is -2.30. The summed E-state index contributed by atoms with van der Waals surface area (Å²) in [6, 6.07) is 7.22. The lowest BCUT2D eigenvalue weighted by molar-refractivity contribution is 0.356. The highest BCUT2D eigenvalue weighted by Crippen LogP contribution is 2.40. The van der Waals surface area contributed by atoms with E-state index in [1.54, 1.807) is 0 Å². The van der Waals surface area contributed by atoms with Crippen molar-refractivity contribution in [1.82, 2.24) is 5.32 Å². The first-order chi connectivity index (χ1) is 10.3. The van der Waals surface area contributed by atoms with Crippen LogP contribution in [-0.2, 0) is 6.42 Å². The largest absolute Gasteiger partial charge is 0.493 e. The zero-order chi connectivity index (χ0) is 14.7. The van der Waals surface area contributed by atoms with Crippen molar-refractivity contribution in [2.45, 2.75) is 56.2 Å². The number of nitrogens with one attached hydrogen (secondary N) is 1. The molecular formula is C18H27NOS. The number of hydrogen-bond acceptors (Lipinski definition) is 3. The Hall–Kier alpha value is -0.670. The van der Waals surface area contributed by atoms with Crippen LogP contribution in [-0.4, -0.2) is 24.2 Å². The van der Waals surface area contributed by atoms with Crippen molar-refractivity contribution in [2.24, 2.45) is 0 Å². The van der Waals surface area contributed by atoms with Crippen LogP contribution < -0.4 is 10.1 Å². The van der Waals surface area contributed by atoms with Crippen LogP contribution in [0.4, 0.5) is 0 Å². The number of benzene rings is 1. The molecule has 0 amide bonds. The molecule has 1 aromatic carbocycles. The molecule has 1 heterocycles. The number of thioether (sulfide) groups is 1. The summed E-state index contributed by atoms with van der Waals surface area (Å²) >= 11 is 2.07. The predicted octanol–water partition coefficient (Wildman–Crippen LogP) is 4.34. The second kappa shape index (κ2) is 6.62. The molecular weight excluding hydrogens is 278 g/mol. The van der Waals surface area contributed by atoms with Gasteiger partial charge in [-0.2, -0.15) is 11.8 Å². The Balaban J connectivity index is 1.67. The minimum Gasteiger partial charge on any atom is -0.493 e. The van der Waals surface area contributed by atoms with E-state index in [0.29, 0.717) is 10.8 Å². The quantitative estimate of drug-likeness (QED) is 0.845. The summed E-state index contributed by atoms with van der Waals surface area (Å²) in [5.41, 5.74) is 2.81. The first kappa shape index (κ1) is 15.2. The van der Waals surface area contributed by atoms with Crippen molar-refractivity contribution in [2.75, 3.05) is 19.4 Å². The van der Waals surface area contributed by atoms with Crippen molar-refractivity contribution in [3.63, 3.8) is 0 Å². The van der Waals surface area contributed by atoms with Crippen molar-refractivity contribution in [3.8, 4) is 5.75 Å². The Kier molecular flexibility index (Phi) is 4.80. The molecule has 2 aliphatic rings. The van der Waals surface area contributed by atoms with Gasteiger partial charge in [-0.25, -0.2) is 0 Å². The third-order valence-electron chi connectivity index (χ3n) is 5.14. The molecule has 1 aromatic rings. The Labute approximate surface area is 133 Å². The topological polar surface area (TPSA) is 21.3 Å². The van der Waals surface area contributed by atoms with Gasteiger partial charge in [0.05, 0.1) is 6.61 Å². The number of rotatable bonds is 6. The summed E-state index contributed by atoms with van der Waals surface area (Å²) in [5, 5.41) is 3.85. The summed E-state index contributed by atoms with van der Waals surface area (Å²) in [6.07, 6.45) is 10.0. The van der Waals surface area contributed by atoms with Gasteiger partial charge >= 0.3 is 0 Å². The molecule has 1 fully saturated rings. The van der Waals surface area contributed by atoms with Crippen LogP contribution >= 0.6 is 11.8 Å². The Morgan fingerprint density at radius 2 is 2.14 bits per heavy atom. The molecule has 0 aromatic heterocycles. The Bertz CT molecular complexity index is 482. The van der Waals surface area contributed by atoms with Gasteiger partial charge in [-0.05, 0) is 42.7 Å². The van der Waals surface area contributed by atoms with Gasteiger partial charge in [0.2, 0.25) is 0 Å². The molecule has 1 saturated carbocycles. The molecule has 1 atom stereocenters. The minimum atomic E-state index is 0.473. The van der Waals surface area contributed by atoms with Crippen molar-refractivity contribution in [3.05, 3.63) is 29.3 Å². The molecule has 0 radical (unpaired) electrons. The van der Waals surface area contributed by atoms with Crippen LogP contribution in [0, 0.1) is 0 Å². The van der Waals surface area contributed by atoms with E-state index in [0.717, 1.165) is 31.7 Å². The molecule has 116 valence electrons. The second-order valence-corrected chi connectivity index (χ2v) is 7.68. The zero-order valence-electron chi connectivity index (χ0n) is 13.3. The van der Waals surface area contributed by atoms with Gasteiger partial charge in [-0.1, -0.05) is 31.9 Å². The van der Waals surface area contributed by atoms with E-state index >= 15 is 0 Å². The summed E-state index contributed by atoms with van der Waals surface area (Å²) in [7, 11) is 0. The van der Waals surface area contributed by atoms with Gasteiger partial charge in [0.15, 0.2) is 0 Å². The maximum atomic E-state index is 5.62. The number of hydrogen-bond donors (Lipinski definition) is 1. The second-order valence-electron chi connectivity index (χ2n) is 6.40. The van der Waals surface area contributed by atoms with Crippen LogP contribution in [0.2, 0.25) is 0 Å². The van der Waals surface area contributed by atoms with E-state index < -0.39 is 0 Å². The molecule has 1 N–H and O–H groups in total. The third-order valence-corrected chi connectivity index (χ3v) is 6.56. The van der Waals surface area contributed by atoms with Crippen LogP contribution in [0.3, 0.4) is 0 Å². The number of ether oxygens (including phenoxy) is 1. The summed E-state index contributed by atoms with van der Waals surface area (Å²) < 4.78 is 6.10. The Morgan fingerprint density at radius 3 is 2.86 bits per heavy atom. The Morgan fingerprint density at radius 1 is 1.33 bits per heavy atom. The van der Waals surface area contributed by atoms with E-state index in [-0.39, 0.29) is 0 Å².